The molecule has 6 heteroatoms. The van der Waals surface area contributed by atoms with Crippen LogP contribution in [0.2, 0.25) is 0 Å². The molecule has 1 aliphatic rings. The van der Waals surface area contributed by atoms with Gasteiger partial charge >= 0.3 is 0 Å². The van der Waals surface area contributed by atoms with Gasteiger partial charge in [-0.05, 0) is 32.4 Å². The number of rotatable bonds is 7. The number of benzene rings is 1. The van der Waals surface area contributed by atoms with Crippen molar-refractivity contribution in [3.8, 4) is 0 Å². The normalized spacial score (nSPS) is 16.9. The molecule has 0 saturated carbocycles. The zero-order valence-electron chi connectivity index (χ0n) is 15.0. The van der Waals surface area contributed by atoms with Crippen LogP contribution in [0.3, 0.4) is 0 Å². The molecule has 1 fully saturated rings. The van der Waals surface area contributed by atoms with Gasteiger partial charge in [-0.3, -0.25) is 4.90 Å². The van der Waals surface area contributed by atoms with Crippen molar-refractivity contribution >= 4 is 30.5 Å². The first kappa shape index (κ1) is 23.5. The van der Waals surface area contributed by atoms with Crippen LogP contribution >= 0.6 is 24.8 Å². The van der Waals surface area contributed by atoms with Crippen LogP contribution in [0, 0.1) is 0 Å². The van der Waals surface area contributed by atoms with Gasteiger partial charge in [0.05, 0.1) is 18.3 Å². The predicted octanol–water partition coefficient (Wildman–Crippen LogP) is 3.22. The third-order valence-electron chi connectivity index (χ3n) is 4.48. The molecular formula is C18H32Cl2N2O2. The van der Waals surface area contributed by atoms with Gasteiger partial charge in [0, 0.05) is 38.4 Å². The van der Waals surface area contributed by atoms with Crippen LogP contribution in [0.25, 0.3) is 0 Å². The highest BCUT2D eigenvalue weighted by molar-refractivity contribution is 5.85. The van der Waals surface area contributed by atoms with Crippen LogP contribution < -0.4 is 4.90 Å². The van der Waals surface area contributed by atoms with Crippen molar-refractivity contribution in [2.24, 2.45) is 0 Å². The zero-order valence-corrected chi connectivity index (χ0v) is 16.6. The molecule has 1 saturated heterocycles. The van der Waals surface area contributed by atoms with Crippen molar-refractivity contribution in [2.45, 2.75) is 38.9 Å². The molecule has 0 aromatic heterocycles. The van der Waals surface area contributed by atoms with E-state index in [9.17, 15) is 5.11 Å². The number of ether oxygens (including phenoxy) is 1. The second-order valence-corrected chi connectivity index (χ2v) is 6.70. The predicted molar refractivity (Wildman–Crippen MR) is 106 cm³/mol. The van der Waals surface area contributed by atoms with Gasteiger partial charge < -0.3 is 14.7 Å². The maximum atomic E-state index is 10.2. The molecule has 1 aliphatic heterocycles. The summed E-state index contributed by atoms with van der Waals surface area (Å²) in [4.78, 5) is 4.73. The number of nitrogens with zero attached hydrogens (tertiary/aromatic N) is 2. The Bertz CT molecular complexity index is 438. The number of halogens is 2. The lowest BCUT2D eigenvalue weighted by Crippen LogP contribution is -2.49. The molecule has 24 heavy (non-hydrogen) atoms. The highest BCUT2D eigenvalue weighted by atomic mass is 35.5. The van der Waals surface area contributed by atoms with E-state index in [-0.39, 0.29) is 30.4 Å². The molecule has 1 unspecified atom stereocenters. The summed E-state index contributed by atoms with van der Waals surface area (Å²) in [5, 5.41) is 10.2. The summed E-state index contributed by atoms with van der Waals surface area (Å²) >= 11 is 0. The molecule has 1 atom stereocenters. The van der Waals surface area contributed by atoms with Crippen molar-refractivity contribution in [3.05, 3.63) is 30.3 Å². The topological polar surface area (TPSA) is 35.9 Å². The van der Waals surface area contributed by atoms with Gasteiger partial charge in [-0.15, -0.1) is 24.8 Å². The van der Waals surface area contributed by atoms with Crippen molar-refractivity contribution in [3.63, 3.8) is 0 Å². The van der Waals surface area contributed by atoms with Crippen molar-refractivity contribution in [1.29, 1.82) is 0 Å². The van der Waals surface area contributed by atoms with E-state index in [0.717, 1.165) is 32.6 Å². The van der Waals surface area contributed by atoms with Crippen molar-refractivity contribution < 1.29 is 9.84 Å². The van der Waals surface area contributed by atoms with Crippen molar-refractivity contribution in [2.75, 3.05) is 44.2 Å². The summed E-state index contributed by atoms with van der Waals surface area (Å²) in [6.45, 7) is 11.4. The first-order valence-electron chi connectivity index (χ1n) is 8.34. The highest BCUT2D eigenvalue weighted by Crippen LogP contribution is 2.16. The number of hydrogen-bond acceptors (Lipinski definition) is 4. The van der Waals surface area contributed by atoms with Crippen LogP contribution in [-0.2, 0) is 4.74 Å². The Labute approximate surface area is 159 Å². The monoisotopic (exact) mass is 378 g/mol. The SMILES string of the molecule is CCC(C)(C)OCC(O)CN1CCN(c2ccccc2)CC1.Cl.Cl. The Kier molecular flexibility index (Phi) is 10.9. The Morgan fingerprint density at radius 3 is 2.21 bits per heavy atom. The van der Waals surface area contributed by atoms with E-state index in [4.69, 9.17) is 4.74 Å². The average Bonchev–Trinajstić information content (AvgIpc) is 2.55. The second kappa shape index (κ2) is 11.2. The third-order valence-corrected chi connectivity index (χ3v) is 4.48. The molecular weight excluding hydrogens is 347 g/mol. The first-order chi connectivity index (χ1) is 10.5. The van der Waals surface area contributed by atoms with Crippen LogP contribution in [0.4, 0.5) is 5.69 Å². The zero-order chi connectivity index (χ0) is 16.0. The van der Waals surface area contributed by atoms with Crippen LogP contribution in [-0.4, -0.2) is 61.0 Å². The van der Waals surface area contributed by atoms with Crippen LogP contribution in [0.1, 0.15) is 27.2 Å². The van der Waals surface area contributed by atoms with Gasteiger partial charge in [-0.2, -0.15) is 0 Å². The Morgan fingerprint density at radius 1 is 1.08 bits per heavy atom. The van der Waals surface area contributed by atoms with Gasteiger partial charge in [0.2, 0.25) is 0 Å². The van der Waals surface area contributed by atoms with Gasteiger partial charge in [0.1, 0.15) is 0 Å². The van der Waals surface area contributed by atoms with Crippen LogP contribution in [0.5, 0.6) is 0 Å². The fraction of sp³-hybridized carbons (Fsp3) is 0.667. The number of hydrogen-bond donors (Lipinski definition) is 1. The van der Waals surface area contributed by atoms with Gasteiger partial charge in [0.25, 0.3) is 0 Å². The highest BCUT2D eigenvalue weighted by Gasteiger charge is 2.21. The summed E-state index contributed by atoms with van der Waals surface area (Å²) in [5.74, 6) is 0. The molecule has 0 amide bonds. The standard InChI is InChI=1S/C18H30N2O2.2ClH/c1-4-18(2,3)22-15-17(21)14-19-10-12-20(13-11-19)16-8-6-5-7-9-16;;/h5-9,17,21H,4,10-15H2,1-3H3;2*1H. The molecule has 0 aliphatic carbocycles. The number of piperazine rings is 1. The summed E-state index contributed by atoms with van der Waals surface area (Å²) in [5.41, 5.74) is 1.14. The van der Waals surface area contributed by atoms with E-state index in [1.807, 2.05) is 6.07 Å². The molecule has 0 bridgehead atoms. The third kappa shape index (κ3) is 7.58. The number of para-hydroxylation sites is 1. The molecule has 0 spiro atoms. The molecule has 1 aromatic rings. The lowest BCUT2D eigenvalue weighted by molar-refractivity contribution is -0.0674. The first-order valence-corrected chi connectivity index (χ1v) is 8.34. The van der Waals surface area contributed by atoms with E-state index < -0.39 is 6.10 Å². The van der Waals surface area contributed by atoms with E-state index in [0.29, 0.717) is 13.2 Å². The largest absolute Gasteiger partial charge is 0.389 e. The second-order valence-electron chi connectivity index (χ2n) is 6.70. The molecule has 1 aromatic carbocycles. The fourth-order valence-corrected chi connectivity index (χ4v) is 2.60. The molecule has 2 rings (SSSR count). The Morgan fingerprint density at radius 2 is 1.67 bits per heavy atom. The van der Waals surface area contributed by atoms with Gasteiger partial charge in [0.15, 0.2) is 0 Å². The lowest BCUT2D eigenvalue weighted by Gasteiger charge is -2.37. The number of β-amino-alcohol motifs (C(OH)–C–C–N with tert-alkyl or cyclic N) is 1. The molecule has 0 radical (unpaired) electrons. The Balaban J connectivity index is 0.00000264. The molecule has 4 nitrogen and oxygen atoms in total. The van der Waals surface area contributed by atoms with E-state index in [1.54, 1.807) is 0 Å². The maximum absolute atomic E-state index is 10.2. The van der Waals surface area contributed by atoms with Gasteiger partial charge in [-0.1, -0.05) is 25.1 Å². The summed E-state index contributed by atoms with van der Waals surface area (Å²) in [7, 11) is 0. The number of anilines is 1. The number of aliphatic hydroxyl groups is 1. The Hall–Kier alpha value is -0.520. The average molecular weight is 379 g/mol. The van der Waals surface area contributed by atoms with Crippen LogP contribution in [0.15, 0.2) is 30.3 Å². The molecule has 1 heterocycles. The summed E-state index contributed by atoms with van der Waals surface area (Å²) < 4.78 is 5.79. The van der Waals surface area contributed by atoms with E-state index in [1.165, 1.54) is 5.69 Å². The number of aliphatic hydroxyl groups excluding tert-OH is 1. The fourth-order valence-electron chi connectivity index (χ4n) is 2.60. The smallest absolute Gasteiger partial charge is 0.0900 e. The lowest BCUT2D eigenvalue weighted by atomic mass is 10.1. The summed E-state index contributed by atoms with van der Waals surface area (Å²) in [6.07, 6.45) is 0.546. The van der Waals surface area contributed by atoms with Gasteiger partial charge in [-0.25, -0.2) is 0 Å². The molecule has 140 valence electrons. The minimum atomic E-state index is -0.408. The van der Waals surface area contributed by atoms with E-state index >= 15 is 0 Å². The van der Waals surface area contributed by atoms with E-state index in [2.05, 4.69) is 54.8 Å². The maximum Gasteiger partial charge on any atom is 0.0900 e. The minimum Gasteiger partial charge on any atom is -0.389 e. The minimum absolute atomic E-state index is 0. The molecule has 1 N–H and O–H groups in total. The van der Waals surface area contributed by atoms with Crippen molar-refractivity contribution in [1.82, 2.24) is 4.90 Å². The quantitative estimate of drug-likeness (QED) is 0.789. The summed E-state index contributed by atoms with van der Waals surface area (Å²) in [6, 6.07) is 10.5.